The van der Waals surface area contributed by atoms with Gasteiger partial charge in [0.2, 0.25) is 0 Å². The molecule has 102 valence electrons. The molecule has 0 aliphatic carbocycles. The van der Waals surface area contributed by atoms with Crippen molar-refractivity contribution in [2.45, 2.75) is 53.5 Å². The Bertz CT molecular complexity index is 195. The van der Waals surface area contributed by atoms with Crippen molar-refractivity contribution in [2.75, 3.05) is 26.2 Å². The Balaban J connectivity index is 2.47. The molecular formula is C15H32N2. The molecule has 4 unspecified atom stereocenters. The van der Waals surface area contributed by atoms with Gasteiger partial charge in [-0.3, -0.25) is 0 Å². The molecular weight excluding hydrogens is 208 g/mol. The van der Waals surface area contributed by atoms with E-state index in [1.807, 2.05) is 0 Å². The molecule has 0 radical (unpaired) electrons. The van der Waals surface area contributed by atoms with Crippen LogP contribution in [0.5, 0.6) is 0 Å². The molecule has 0 aromatic rings. The molecule has 1 rings (SSSR count). The summed E-state index contributed by atoms with van der Waals surface area (Å²) in [7, 11) is 0. The summed E-state index contributed by atoms with van der Waals surface area (Å²) >= 11 is 0. The molecule has 0 spiro atoms. The van der Waals surface area contributed by atoms with Crippen molar-refractivity contribution >= 4 is 0 Å². The Morgan fingerprint density at radius 2 is 1.76 bits per heavy atom. The lowest BCUT2D eigenvalue weighted by molar-refractivity contribution is 0.118. The van der Waals surface area contributed by atoms with Crippen molar-refractivity contribution in [3.05, 3.63) is 0 Å². The van der Waals surface area contributed by atoms with Gasteiger partial charge < -0.3 is 10.2 Å². The number of likely N-dealkylation sites (tertiary alicyclic amines) is 1. The van der Waals surface area contributed by atoms with Gasteiger partial charge in [0.15, 0.2) is 0 Å². The number of hydrogen-bond donors (Lipinski definition) is 1. The molecule has 1 heterocycles. The minimum absolute atomic E-state index is 0.669. The quantitative estimate of drug-likeness (QED) is 0.768. The average molecular weight is 240 g/mol. The summed E-state index contributed by atoms with van der Waals surface area (Å²) in [6.45, 7) is 16.6. The molecule has 1 saturated heterocycles. The molecule has 0 amide bonds. The van der Waals surface area contributed by atoms with Crippen molar-refractivity contribution in [3.63, 3.8) is 0 Å². The second-order valence-corrected chi connectivity index (χ2v) is 6.21. The predicted molar refractivity (Wildman–Crippen MR) is 76.3 cm³/mol. The number of nitrogens with zero attached hydrogens (tertiary/aromatic N) is 1. The van der Waals surface area contributed by atoms with Crippen LogP contribution in [0.3, 0.4) is 0 Å². The van der Waals surface area contributed by atoms with Gasteiger partial charge in [0, 0.05) is 25.7 Å². The van der Waals surface area contributed by atoms with Crippen molar-refractivity contribution in [2.24, 2.45) is 17.8 Å². The van der Waals surface area contributed by atoms with Gasteiger partial charge in [0.25, 0.3) is 0 Å². The molecule has 2 heteroatoms. The van der Waals surface area contributed by atoms with Crippen molar-refractivity contribution < 1.29 is 0 Å². The van der Waals surface area contributed by atoms with E-state index in [9.17, 15) is 0 Å². The number of likely N-dealkylation sites (N-methyl/N-ethyl adjacent to an activating group) is 1. The highest BCUT2D eigenvalue weighted by atomic mass is 15.2. The third-order valence-corrected chi connectivity index (χ3v) is 4.20. The lowest BCUT2D eigenvalue weighted by atomic mass is 9.90. The highest BCUT2D eigenvalue weighted by Gasteiger charge is 2.25. The summed E-state index contributed by atoms with van der Waals surface area (Å²) in [6, 6.07) is 0.669. The number of hydrogen-bond acceptors (Lipinski definition) is 2. The van der Waals surface area contributed by atoms with Crippen molar-refractivity contribution in [1.29, 1.82) is 0 Å². The summed E-state index contributed by atoms with van der Waals surface area (Å²) in [5.41, 5.74) is 0. The molecule has 0 aromatic carbocycles. The monoisotopic (exact) mass is 240 g/mol. The lowest BCUT2D eigenvalue weighted by Gasteiger charge is -2.38. The van der Waals surface area contributed by atoms with Gasteiger partial charge in [-0.05, 0) is 30.7 Å². The van der Waals surface area contributed by atoms with E-state index in [2.05, 4.69) is 44.8 Å². The molecule has 1 aliphatic rings. The molecule has 0 aromatic heterocycles. The zero-order valence-electron chi connectivity index (χ0n) is 12.5. The van der Waals surface area contributed by atoms with E-state index in [4.69, 9.17) is 0 Å². The summed E-state index contributed by atoms with van der Waals surface area (Å²) in [5, 5.41) is 3.67. The zero-order chi connectivity index (χ0) is 12.8. The summed E-state index contributed by atoms with van der Waals surface area (Å²) in [4.78, 5) is 2.68. The smallest absolute Gasteiger partial charge is 0.0220 e. The van der Waals surface area contributed by atoms with Crippen LogP contribution in [0.25, 0.3) is 0 Å². The van der Waals surface area contributed by atoms with Gasteiger partial charge in [0.1, 0.15) is 0 Å². The molecule has 4 atom stereocenters. The summed E-state index contributed by atoms with van der Waals surface area (Å²) < 4.78 is 0. The maximum absolute atomic E-state index is 3.67. The first-order valence-electron chi connectivity index (χ1n) is 7.52. The van der Waals surface area contributed by atoms with Gasteiger partial charge in [-0.15, -0.1) is 0 Å². The first-order valence-corrected chi connectivity index (χ1v) is 7.52. The first-order chi connectivity index (χ1) is 8.06. The van der Waals surface area contributed by atoms with E-state index in [0.29, 0.717) is 6.04 Å². The van der Waals surface area contributed by atoms with Crippen molar-refractivity contribution in [1.82, 2.24) is 10.2 Å². The number of nitrogens with one attached hydrogen (secondary N) is 1. The average Bonchev–Trinajstić information content (AvgIpc) is 2.26. The molecule has 17 heavy (non-hydrogen) atoms. The Kier molecular flexibility index (Phi) is 6.50. The van der Waals surface area contributed by atoms with Crippen molar-refractivity contribution in [3.8, 4) is 0 Å². The molecule has 1 aliphatic heterocycles. The fraction of sp³-hybridized carbons (Fsp3) is 1.00. The largest absolute Gasteiger partial charge is 0.313 e. The number of piperidine rings is 1. The fourth-order valence-electron chi connectivity index (χ4n) is 3.21. The van der Waals surface area contributed by atoms with E-state index < -0.39 is 0 Å². The second kappa shape index (κ2) is 7.38. The lowest BCUT2D eigenvalue weighted by Crippen LogP contribution is -2.49. The van der Waals surface area contributed by atoms with E-state index >= 15 is 0 Å². The van der Waals surface area contributed by atoms with E-state index in [1.54, 1.807) is 0 Å². The van der Waals surface area contributed by atoms with Gasteiger partial charge in [-0.25, -0.2) is 0 Å². The van der Waals surface area contributed by atoms with Crippen LogP contribution in [-0.2, 0) is 0 Å². The maximum atomic E-state index is 3.67. The number of rotatable bonds is 6. The van der Waals surface area contributed by atoms with Gasteiger partial charge in [0.05, 0.1) is 0 Å². The maximum Gasteiger partial charge on any atom is 0.0220 e. The third kappa shape index (κ3) is 4.97. The Morgan fingerprint density at radius 1 is 1.18 bits per heavy atom. The van der Waals surface area contributed by atoms with Crippen LogP contribution in [-0.4, -0.2) is 37.1 Å². The Morgan fingerprint density at radius 3 is 2.24 bits per heavy atom. The van der Waals surface area contributed by atoms with Gasteiger partial charge >= 0.3 is 0 Å². The molecule has 1 fully saturated rings. The summed E-state index contributed by atoms with van der Waals surface area (Å²) in [5.74, 6) is 2.53. The highest BCUT2D eigenvalue weighted by molar-refractivity contribution is 4.81. The van der Waals surface area contributed by atoms with Crippen LogP contribution < -0.4 is 5.32 Å². The molecule has 2 nitrogen and oxygen atoms in total. The van der Waals surface area contributed by atoms with E-state index in [1.165, 1.54) is 32.5 Å². The van der Waals surface area contributed by atoms with Crippen LogP contribution in [0.1, 0.15) is 47.5 Å². The van der Waals surface area contributed by atoms with Crippen LogP contribution in [0.15, 0.2) is 0 Å². The normalized spacial score (nSPS) is 30.2. The minimum Gasteiger partial charge on any atom is -0.313 e. The van der Waals surface area contributed by atoms with E-state index in [-0.39, 0.29) is 0 Å². The topological polar surface area (TPSA) is 15.3 Å². The fourth-order valence-corrected chi connectivity index (χ4v) is 3.21. The predicted octanol–water partition coefficient (Wildman–Crippen LogP) is 2.99. The molecule has 0 bridgehead atoms. The standard InChI is InChI=1S/C15H32N2/c1-6-14(5)15(16-7-2)11-17-9-12(3)8-13(4)10-17/h12-16H,6-11H2,1-5H3. The van der Waals surface area contributed by atoms with Gasteiger partial charge in [-0.2, -0.15) is 0 Å². The third-order valence-electron chi connectivity index (χ3n) is 4.20. The Hall–Kier alpha value is -0.0800. The van der Waals surface area contributed by atoms with E-state index in [0.717, 1.165) is 24.3 Å². The minimum atomic E-state index is 0.669. The van der Waals surface area contributed by atoms with Crippen LogP contribution in [0, 0.1) is 17.8 Å². The zero-order valence-corrected chi connectivity index (χ0v) is 12.5. The second-order valence-electron chi connectivity index (χ2n) is 6.21. The molecule has 1 N–H and O–H groups in total. The molecule has 0 saturated carbocycles. The van der Waals surface area contributed by atoms with Gasteiger partial charge in [-0.1, -0.05) is 41.0 Å². The highest BCUT2D eigenvalue weighted by Crippen LogP contribution is 2.22. The SMILES string of the molecule is CCNC(CN1CC(C)CC(C)C1)C(C)CC. The van der Waals surface area contributed by atoms with Crippen LogP contribution in [0.2, 0.25) is 0 Å². The Labute approximate surface area is 108 Å². The van der Waals surface area contributed by atoms with Crippen LogP contribution in [0.4, 0.5) is 0 Å². The summed E-state index contributed by atoms with van der Waals surface area (Å²) in [6.07, 6.45) is 2.68. The van der Waals surface area contributed by atoms with Crippen LogP contribution >= 0.6 is 0 Å². The first kappa shape index (κ1) is 15.0.